The van der Waals surface area contributed by atoms with E-state index in [-0.39, 0.29) is 10.0 Å². The van der Waals surface area contributed by atoms with E-state index in [0.29, 0.717) is 11.3 Å². The largest absolute Gasteiger partial charge is 0.398 e. The second kappa shape index (κ2) is 4.22. The van der Waals surface area contributed by atoms with E-state index in [9.17, 15) is 8.78 Å². The maximum Gasteiger partial charge on any atom is 0.148 e. The quantitative estimate of drug-likeness (QED) is 0.622. The molecule has 2 rings (SSSR count). The van der Waals surface area contributed by atoms with Gasteiger partial charge in [0.05, 0.1) is 10.0 Å². The average molecular weight is 284 g/mol. The third-order valence-corrected chi connectivity index (χ3v) is 2.89. The zero-order chi connectivity index (χ0) is 11.7. The molecule has 0 aromatic heterocycles. The zero-order valence-corrected chi connectivity index (χ0v) is 9.76. The molecule has 0 unspecified atom stereocenters. The highest BCUT2D eigenvalue weighted by Gasteiger charge is 2.15. The topological polar surface area (TPSA) is 26.0 Å². The molecule has 4 heteroatoms. The van der Waals surface area contributed by atoms with Gasteiger partial charge in [0.25, 0.3) is 0 Å². The first kappa shape index (κ1) is 11.1. The van der Waals surface area contributed by atoms with Crippen molar-refractivity contribution in [2.45, 2.75) is 0 Å². The number of halogens is 3. The van der Waals surface area contributed by atoms with Crippen LogP contribution in [-0.2, 0) is 0 Å². The molecular formula is C12H8BrF2N. The summed E-state index contributed by atoms with van der Waals surface area (Å²) in [7, 11) is 0. The van der Waals surface area contributed by atoms with Gasteiger partial charge < -0.3 is 5.73 Å². The lowest BCUT2D eigenvalue weighted by molar-refractivity contribution is 0.585. The van der Waals surface area contributed by atoms with E-state index in [4.69, 9.17) is 5.73 Å². The Bertz CT molecular complexity index is 541. The van der Waals surface area contributed by atoms with Crippen molar-refractivity contribution < 1.29 is 8.78 Å². The van der Waals surface area contributed by atoms with Crippen LogP contribution >= 0.6 is 15.9 Å². The van der Waals surface area contributed by atoms with E-state index in [1.54, 1.807) is 24.3 Å². The molecule has 0 saturated carbocycles. The predicted octanol–water partition coefficient (Wildman–Crippen LogP) is 3.98. The Morgan fingerprint density at radius 2 is 1.69 bits per heavy atom. The molecule has 0 atom stereocenters. The first-order chi connectivity index (χ1) is 7.61. The maximum atomic E-state index is 13.8. The van der Waals surface area contributed by atoms with Crippen molar-refractivity contribution in [3.8, 4) is 11.1 Å². The number of hydrogen-bond acceptors (Lipinski definition) is 1. The summed E-state index contributed by atoms with van der Waals surface area (Å²) in [5.41, 5.74) is 6.29. The summed E-state index contributed by atoms with van der Waals surface area (Å²) in [6.45, 7) is 0. The normalized spacial score (nSPS) is 10.4. The molecule has 0 aliphatic heterocycles. The Hall–Kier alpha value is -1.42. The molecule has 82 valence electrons. The van der Waals surface area contributed by atoms with Crippen LogP contribution in [0.3, 0.4) is 0 Å². The van der Waals surface area contributed by atoms with Crippen molar-refractivity contribution in [2.24, 2.45) is 0 Å². The number of anilines is 1. The molecule has 2 aromatic carbocycles. The first-order valence-corrected chi connectivity index (χ1v) is 5.39. The van der Waals surface area contributed by atoms with Gasteiger partial charge in [-0.3, -0.25) is 0 Å². The minimum absolute atomic E-state index is 0.104. The molecule has 2 N–H and O–H groups in total. The monoisotopic (exact) mass is 283 g/mol. The van der Waals surface area contributed by atoms with Gasteiger partial charge in [-0.2, -0.15) is 0 Å². The van der Waals surface area contributed by atoms with Crippen LogP contribution in [0.1, 0.15) is 0 Å². The van der Waals surface area contributed by atoms with Crippen LogP contribution in [0.15, 0.2) is 40.9 Å². The van der Waals surface area contributed by atoms with Crippen molar-refractivity contribution in [2.75, 3.05) is 5.73 Å². The van der Waals surface area contributed by atoms with E-state index >= 15 is 0 Å². The lowest BCUT2D eigenvalue weighted by atomic mass is 10.0. The molecular weight excluding hydrogens is 276 g/mol. The predicted molar refractivity (Wildman–Crippen MR) is 63.9 cm³/mol. The Labute approximate surface area is 100 Å². The number of nitrogen functional groups attached to an aromatic ring is 1. The minimum Gasteiger partial charge on any atom is -0.398 e. The summed E-state index contributed by atoms with van der Waals surface area (Å²) in [6, 6.07) is 9.12. The Balaban J connectivity index is 2.74. The van der Waals surface area contributed by atoms with Gasteiger partial charge in [-0.25, -0.2) is 8.78 Å². The molecule has 2 aromatic rings. The van der Waals surface area contributed by atoms with Gasteiger partial charge in [-0.15, -0.1) is 0 Å². The van der Waals surface area contributed by atoms with Gasteiger partial charge in [0.2, 0.25) is 0 Å². The minimum atomic E-state index is -0.641. The fraction of sp³-hybridized carbons (Fsp3) is 0. The summed E-state index contributed by atoms with van der Waals surface area (Å²) in [6.07, 6.45) is 0. The Kier molecular flexibility index (Phi) is 2.92. The highest BCUT2D eigenvalue weighted by molar-refractivity contribution is 9.10. The van der Waals surface area contributed by atoms with Crippen LogP contribution in [0.5, 0.6) is 0 Å². The smallest absolute Gasteiger partial charge is 0.148 e. The molecule has 0 aliphatic rings. The van der Waals surface area contributed by atoms with Gasteiger partial charge in [-0.1, -0.05) is 18.2 Å². The molecule has 1 nitrogen and oxygen atoms in total. The molecule has 0 radical (unpaired) electrons. The molecule has 0 saturated heterocycles. The fourth-order valence-corrected chi connectivity index (χ4v) is 1.83. The second-order valence-electron chi connectivity index (χ2n) is 3.31. The molecule has 0 aliphatic carbocycles. The standard InChI is InChI=1S/C12H8BrF2N/c13-8-5-6-9(14)11(12(8)15)7-3-1-2-4-10(7)16/h1-6H,16H2. The third kappa shape index (κ3) is 1.80. The van der Waals surface area contributed by atoms with E-state index in [2.05, 4.69) is 15.9 Å². The number of nitrogens with two attached hydrogens (primary N) is 1. The summed E-state index contributed by atoms with van der Waals surface area (Å²) in [5.74, 6) is -1.27. The van der Waals surface area contributed by atoms with E-state index in [1.165, 1.54) is 12.1 Å². The van der Waals surface area contributed by atoms with E-state index in [0.717, 1.165) is 0 Å². The molecule has 0 fully saturated rings. The van der Waals surface area contributed by atoms with E-state index in [1.807, 2.05) is 0 Å². The Morgan fingerprint density at radius 3 is 2.38 bits per heavy atom. The summed E-state index contributed by atoms with van der Waals surface area (Å²) in [5, 5.41) is 0. The van der Waals surface area contributed by atoms with Crippen LogP contribution < -0.4 is 5.73 Å². The van der Waals surface area contributed by atoms with Crippen molar-refractivity contribution in [1.82, 2.24) is 0 Å². The summed E-state index contributed by atoms with van der Waals surface area (Å²) in [4.78, 5) is 0. The second-order valence-corrected chi connectivity index (χ2v) is 4.16. The molecule has 0 amide bonds. The van der Waals surface area contributed by atoms with Gasteiger partial charge >= 0.3 is 0 Å². The lowest BCUT2D eigenvalue weighted by Gasteiger charge is -2.09. The summed E-state index contributed by atoms with van der Waals surface area (Å²) >= 11 is 3.02. The van der Waals surface area contributed by atoms with Crippen LogP contribution in [0.25, 0.3) is 11.1 Å². The van der Waals surface area contributed by atoms with Crippen LogP contribution in [0.2, 0.25) is 0 Å². The van der Waals surface area contributed by atoms with Gasteiger partial charge in [0.1, 0.15) is 11.6 Å². The molecule has 0 spiro atoms. The number of rotatable bonds is 1. The fourth-order valence-electron chi connectivity index (χ4n) is 1.50. The van der Waals surface area contributed by atoms with Gasteiger partial charge in [-0.05, 0) is 34.1 Å². The van der Waals surface area contributed by atoms with Crippen molar-refractivity contribution in [1.29, 1.82) is 0 Å². The zero-order valence-electron chi connectivity index (χ0n) is 8.18. The van der Waals surface area contributed by atoms with Crippen molar-refractivity contribution >= 4 is 21.6 Å². The van der Waals surface area contributed by atoms with Crippen LogP contribution in [0.4, 0.5) is 14.5 Å². The molecule has 0 bridgehead atoms. The highest BCUT2D eigenvalue weighted by Crippen LogP contribution is 2.33. The molecule has 16 heavy (non-hydrogen) atoms. The van der Waals surface area contributed by atoms with Crippen molar-refractivity contribution in [3.05, 3.63) is 52.5 Å². The summed E-state index contributed by atoms with van der Waals surface area (Å²) < 4.78 is 27.6. The number of hydrogen-bond donors (Lipinski definition) is 1. The van der Waals surface area contributed by atoms with Gasteiger partial charge in [0.15, 0.2) is 0 Å². The first-order valence-electron chi connectivity index (χ1n) is 4.59. The van der Waals surface area contributed by atoms with Gasteiger partial charge in [0, 0.05) is 11.3 Å². The van der Waals surface area contributed by atoms with Crippen LogP contribution in [-0.4, -0.2) is 0 Å². The highest BCUT2D eigenvalue weighted by atomic mass is 79.9. The average Bonchev–Trinajstić information content (AvgIpc) is 2.27. The number of para-hydroxylation sites is 1. The maximum absolute atomic E-state index is 13.8. The molecule has 0 heterocycles. The van der Waals surface area contributed by atoms with Crippen molar-refractivity contribution in [3.63, 3.8) is 0 Å². The lowest BCUT2D eigenvalue weighted by Crippen LogP contribution is -1.95. The van der Waals surface area contributed by atoms with E-state index < -0.39 is 11.6 Å². The number of benzene rings is 2. The third-order valence-electron chi connectivity index (χ3n) is 2.27. The Morgan fingerprint density at radius 1 is 1.00 bits per heavy atom. The SMILES string of the molecule is Nc1ccccc1-c1c(F)ccc(Br)c1F. The van der Waals surface area contributed by atoms with Crippen LogP contribution in [0, 0.1) is 11.6 Å².